The first-order valence-electron chi connectivity index (χ1n) is 10.5. The molecule has 0 aromatic heterocycles. The summed E-state index contributed by atoms with van der Waals surface area (Å²) in [5.41, 5.74) is 0.519. The third kappa shape index (κ3) is 2.31. The van der Waals surface area contributed by atoms with Crippen LogP contribution in [0, 0.1) is 22.7 Å². The van der Waals surface area contributed by atoms with Gasteiger partial charge in [0, 0.05) is 12.0 Å². The summed E-state index contributed by atoms with van der Waals surface area (Å²) < 4.78 is 27.6. The Balaban J connectivity index is 1.46. The number of benzene rings is 1. The number of sulfonamides is 1. The van der Waals surface area contributed by atoms with Crippen molar-refractivity contribution in [2.75, 3.05) is 5.75 Å². The molecule has 1 aromatic rings. The molecule has 5 rings (SSSR count). The zero-order valence-electron chi connectivity index (χ0n) is 17.2. The smallest absolute Gasteiger partial charge is 0.259 e. The fourth-order valence-electron chi connectivity index (χ4n) is 6.73. The van der Waals surface area contributed by atoms with Crippen molar-refractivity contribution in [1.82, 2.24) is 9.21 Å². The molecule has 2 bridgehead atoms. The first-order valence-corrected chi connectivity index (χ1v) is 12.1. The summed E-state index contributed by atoms with van der Waals surface area (Å²) in [7, 11) is -3.67. The van der Waals surface area contributed by atoms with Gasteiger partial charge in [0.25, 0.3) is 5.91 Å². The van der Waals surface area contributed by atoms with Crippen molar-refractivity contribution >= 4 is 21.8 Å². The second-order valence-electron chi connectivity index (χ2n) is 9.94. The highest BCUT2D eigenvalue weighted by molar-refractivity contribution is 7.90. The van der Waals surface area contributed by atoms with Gasteiger partial charge in [0.05, 0.1) is 17.7 Å². The summed E-state index contributed by atoms with van der Waals surface area (Å²) >= 11 is 0. The van der Waals surface area contributed by atoms with Crippen molar-refractivity contribution in [3.8, 4) is 0 Å². The van der Waals surface area contributed by atoms with E-state index in [1.807, 2.05) is 30.3 Å². The van der Waals surface area contributed by atoms with Gasteiger partial charge < -0.3 is 4.90 Å². The molecule has 2 saturated heterocycles. The lowest BCUT2D eigenvalue weighted by molar-refractivity contribution is -0.166. The number of hydrogen-bond acceptors (Lipinski definition) is 4. The predicted octanol–water partition coefficient (Wildman–Crippen LogP) is 2.40. The van der Waals surface area contributed by atoms with Crippen molar-refractivity contribution in [1.29, 1.82) is 0 Å². The molecule has 0 N–H and O–H groups in total. The Labute approximate surface area is 172 Å². The number of fused-ring (bicyclic) bond motifs is 1. The van der Waals surface area contributed by atoms with Crippen LogP contribution in [0.4, 0.5) is 0 Å². The van der Waals surface area contributed by atoms with Gasteiger partial charge in [-0.05, 0) is 36.2 Å². The molecule has 2 aliphatic carbocycles. The Morgan fingerprint density at radius 1 is 1.21 bits per heavy atom. The number of likely N-dealkylation sites (tertiary alicyclic amines) is 1. The van der Waals surface area contributed by atoms with Gasteiger partial charge in [0.15, 0.2) is 0 Å². The normalized spacial score (nSPS) is 38.8. The first kappa shape index (κ1) is 19.1. The van der Waals surface area contributed by atoms with Crippen LogP contribution < -0.4 is 0 Å². The minimum absolute atomic E-state index is 0.0631. The van der Waals surface area contributed by atoms with E-state index in [1.165, 1.54) is 4.31 Å². The van der Waals surface area contributed by atoms with E-state index in [2.05, 4.69) is 13.8 Å². The third-order valence-electron chi connectivity index (χ3n) is 8.56. The third-order valence-corrected chi connectivity index (χ3v) is 10.5. The Hall–Kier alpha value is -1.89. The number of carbonyl (C=O) groups is 2. The molecular weight excluding hydrogens is 388 g/mol. The van der Waals surface area contributed by atoms with Crippen molar-refractivity contribution < 1.29 is 18.0 Å². The first-order chi connectivity index (χ1) is 13.6. The van der Waals surface area contributed by atoms with Crippen LogP contribution in [0.25, 0.3) is 0 Å². The molecule has 1 unspecified atom stereocenters. The quantitative estimate of drug-likeness (QED) is 0.709. The lowest BCUT2D eigenvalue weighted by atomic mass is 9.69. The van der Waals surface area contributed by atoms with E-state index in [1.54, 1.807) is 11.8 Å². The maximum Gasteiger partial charge on any atom is 0.259 e. The minimum atomic E-state index is -3.67. The van der Waals surface area contributed by atoms with Crippen molar-refractivity contribution in [2.45, 2.75) is 58.7 Å². The van der Waals surface area contributed by atoms with Gasteiger partial charge in [0.2, 0.25) is 15.9 Å². The molecule has 4 aliphatic rings. The Kier molecular flexibility index (Phi) is 3.84. The fourth-order valence-corrected chi connectivity index (χ4v) is 9.29. The zero-order chi connectivity index (χ0) is 20.8. The number of carbonyl (C=O) groups excluding carboxylic acids is 2. The van der Waals surface area contributed by atoms with Crippen LogP contribution in [0.1, 0.15) is 45.6 Å². The molecule has 29 heavy (non-hydrogen) atoms. The van der Waals surface area contributed by atoms with Crippen LogP contribution in [-0.4, -0.2) is 47.3 Å². The van der Waals surface area contributed by atoms with E-state index in [0.717, 1.165) is 24.8 Å². The second kappa shape index (κ2) is 5.84. The zero-order valence-corrected chi connectivity index (χ0v) is 18.0. The van der Waals surface area contributed by atoms with E-state index < -0.39 is 27.9 Å². The van der Waals surface area contributed by atoms with E-state index in [4.69, 9.17) is 0 Å². The number of hydrogen-bond donors (Lipinski definition) is 0. The van der Waals surface area contributed by atoms with Gasteiger partial charge in [-0.3, -0.25) is 9.59 Å². The molecule has 6 nitrogen and oxygen atoms in total. The number of β-lactam (4-membered cyclic amide) rings is 1. The average molecular weight is 417 g/mol. The summed E-state index contributed by atoms with van der Waals surface area (Å²) in [5.74, 6) is -0.457. The van der Waals surface area contributed by atoms with Crippen LogP contribution in [0.2, 0.25) is 0 Å². The van der Waals surface area contributed by atoms with Crippen molar-refractivity contribution in [2.24, 2.45) is 22.7 Å². The summed E-state index contributed by atoms with van der Waals surface area (Å²) in [6.45, 7) is 6.41. The largest absolute Gasteiger partial charge is 0.325 e. The molecule has 0 radical (unpaired) electrons. The lowest BCUT2D eigenvalue weighted by Crippen LogP contribution is -2.66. The van der Waals surface area contributed by atoms with Gasteiger partial charge in [-0.15, -0.1) is 0 Å². The predicted molar refractivity (Wildman–Crippen MR) is 108 cm³/mol. The maximum absolute atomic E-state index is 13.6. The molecule has 4 fully saturated rings. The highest BCUT2D eigenvalue weighted by Crippen LogP contribution is 2.70. The summed E-state index contributed by atoms with van der Waals surface area (Å²) in [4.78, 5) is 27.6. The molecule has 1 aromatic carbocycles. The number of amides is 2. The molecular formula is C22H28N2O4S. The Morgan fingerprint density at radius 2 is 1.90 bits per heavy atom. The molecule has 156 valence electrons. The highest BCUT2D eigenvalue weighted by Gasteiger charge is 2.73. The molecule has 2 heterocycles. The van der Waals surface area contributed by atoms with Gasteiger partial charge in [0.1, 0.15) is 6.04 Å². The fraction of sp³-hybridized carbons (Fsp3) is 0.636. The number of nitrogens with zero attached hydrogens (tertiary/aromatic N) is 2. The van der Waals surface area contributed by atoms with Crippen LogP contribution in [-0.2, 0) is 26.2 Å². The monoisotopic (exact) mass is 416 g/mol. The molecule has 2 amide bonds. The van der Waals surface area contributed by atoms with E-state index >= 15 is 0 Å². The van der Waals surface area contributed by atoms with E-state index in [0.29, 0.717) is 12.5 Å². The van der Waals surface area contributed by atoms with Crippen molar-refractivity contribution in [3.63, 3.8) is 0 Å². The molecule has 2 aliphatic heterocycles. The van der Waals surface area contributed by atoms with Crippen LogP contribution in [0.5, 0.6) is 0 Å². The Bertz CT molecular complexity index is 989. The van der Waals surface area contributed by atoms with Crippen LogP contribution >= 0.6 is 0 Å². The topological polar surface area (TPSA) is 74.8 Å². The van der Waals surface area contributed by atoms with Crippen LogP contribution in [0.15, 0.2) is 30.3 Å². The lowest BCUT2D eigenvalue weighted by Gasteiger charge is -2.46. The van der Waals surface area contributed by atoms with Crippen molar-refractivity contribution in [3.05, 3.63) is 35.9 Å². The number of rotatable bonds is 3. The van der Waals surface area contributed by atoms with E-state index in [9.17, 15) is 18.0 Å². The second-order valence-corrected chi connectivity index (χ2v) is 11.8. The van der Waals surface area contributed by atoms with Gasteiger partial charge in [-0.25, -0.2) is 12.7 Å². The van der Waals surface area contributed by atoms with E-state index in [-0.39, 0.29) is 28.5 Å². The summed E-state index contributed by atoms with van der Waals surface area (Å²) in [6, 6.07) is 8.57. The molecule has 1 spiro atoms. The SMILES string of the molecule is CC1C(=O)N(Cc2ccccc2)[C@@H]1C(=O)N1[C@H]2C[C@H]3CC[C@]2(CS1(=O)=O)C3(C)C. The van der Waals surface area contributed by atoms with Gasteiger partial charge in [-0.2, -0.15) is 0 Å². The molecule has 7 heteroatoms. The molecule has 2 saturated carbocycles. The minimum Gasteiger partial charge on any atom is -0.325 e. The average Bonchev–Trinajstić information content (AvgIpc) is 3.15. The van der Waals surface area contributed by atoms with Gasteiger partial charge in [-0.1, -0.05) is 51.1 Å². The maximum atomic E-state index is 13.6. The standard InChI is InChI=1S/C22H28N2O4S/c1-14-18(23(19(14)25)12-15-7-5-4-6-8-15)20(26)24-17-11-16-9-10-22(17,21(16,2)3)13-29(24,27)28/h4-8,14,16-18H,9-13H2,1-3H3/t14?,16-,17+,18+,22-/m1/s1. The highest BCUT2D eigenvalue weighted by atomic mass is 32.2. The summed E-state index contributed by atoms with van der Waals surface area (Å²) in [5, 5.41) is 0. The van der Waals surface area contributed by atoms with Gasteiger partial charge >= 0.3 is 0 Å². The Morgan fingerprint density at radius 3 is 2.55 bits per heavy atom. The van der Waals surface area contributed by atoms with Crippen LogP contribution in [0.3, 0.4) is 0 Å². The molecule has 5 atom stereocenters. The summed E-state index contributed by atoms with van der Waals surface area (Å²) in [6.07, 6.45) is 2.66.